The van der Waals surface area contributed by atoms with E-state index in [0.717, 1.165) is 19.1 Å². The first-order chi connectivity index (χ1) is 5.90. The summed E-state index contributed by atoms with van der Waals surface area (Å²) >= 11 is 0. The highest BCUT2D eigenvalue weighted by atomic mass is 16.1. The third kappa shape index (κ3) is 1.55. The van der Waals surface area contributed by atoms with Crippen LogP contribution in [0.25, 0.3) is 0 Å². The van der Waals surface area contributed by atoms with Gasteiger partial charge in [-0.15, -0.1) is 0 Å². The Bertz CT molecular complexity index is 266. The summed E-state index contributed by atoms with van der Waals surface area (Å²) in [6, 6.07) is 10.4. The lowest BCUT2D eigenvalue weighted by Crippen LogP contribution is -1.89. The lowest BCUT2D eigenvalue weighted by molar-refractivity contribution is -0.109. The van der Waals surface area contributed by atoms with Gasteiger partial charge in [0.15, 0.2) is 0 Å². The Labute approximate surface area is 72.4 Å². The second kappa shape index (κ2) is 3.10. The van der Waals surface area contributed by atoms with Crippen LogP contribution >= 0.6 is 0 Å². The van der Waals surface area contributed by atoms with E-state index in [4.69, 9.17) is 0 Å². The molecule has 0 aliphatic heterocycles. The van der Waals surface area contributed by atoms with Crippen LogP contribution < -0.4 is 0 Å². The maximum Gasteiger partial charge on any atom is 0.123 e. The second-order valence-electron chi connectivity index (χ2n) is 3.49. The zero-order valence-electron chi connectivity index (χ0n) is 6.94. The van der Waals surface area contributed by atoms with Gasteiger partial charge in [-0.25, -0.2) is 0 Å². The summed E-state index contributed by atoms with van der Waals surface area (Å²) in [6.45, 7) is 0. The van der Waals surface area contributed by atoms with Crippen molar-refractivity contribution in [3.05, 3.63) is 35.9 Å². The number of hydrogen-bond acceptors (Lipinski definition) is 1. The fourth-order valence-corrected chi connectivity index (χ4v) is 1.59. The summed E-state index contributed by atoms with van der Waals surface area (Å²) in [6.07, 6.45) is 3.26. The van der Waals surface area contributed by atoms with Gasteiger partial charge < -0.3 is 4.79 Å². The Morgan fingerprint density at radius 1 is 1.33 bits per heavy atom. The van der Waals surface area contributed by atoms with Crippen LogP contribution in [0.15, 0.2) is 30.3 Å². The molecular weight excluding hydrogens is 148 g/mol. The molecule has 1 heteroatoms. The predicted molar refractivity (Wildman–Crippen MR) is 47.8 cm³/mol. The van der Waals surface area contributed by atoms with E-state index in [1.54, 1.807) is 0 Å². The fourth-order valence-electron chi connectivity index (χ4n) is 1.59. The average Bonchev–Trinajstić information content (AvgIpc) is 2.85. The van der Waals surface area contributed by atoms with Gasteiger partial charge in [0.2, 0.25) is 0 Å². The van der Waals surface area contributed by atoms with E-state index >= 15 is 0 Å². The Balaban J connectivity index is 1.93. The maximum absolute atomic E-state index is 10.4. The molecule has 0 aromatic heterocycles. The van der Waals surface area contributed by atoms with E-state index in [1.165, 1.54) is 5.56 Å². The number of benzene rings is 1. The molecule has 1 aromatic rings. The zero-order chi connectivity index (χ0) is 8.39. The summed E-state index contributed by atoms with van der Waals surface area (Å²) in [5, 5.41) is 0. The minimum Gasteiger partial charge on any atom is -0.303 e. The summed E-state index contributed by atoms with van der Waals surface area (Å²) in [7, 11) is 0. The summed E-state index contributed by atoms with van der Waals surface area (Å²) in [4.78, 5) is 10.4. The van der Waals surface area contributed by atoms with Crippen molar-refractivity contribution >= 4 is 6.29 Å². The predicted octanol–water partition coefficient (Wildman–Crippen LogP) is 2.06. The Kier molecular flexibility index (Phi) is 1.94. The van der Waals surface area contributed by atoms with Crippen molar-refractivity contribution in [3.63, 3.8) is 0 Å². The molecule has 1 saturated carbocycles. The monoisotopic (exact) mass is 160 g/mol. The molecule has 0 bridgehead atoms. The van der Waals surface area contributed by atoms with E-state index in [-0.39, 0.29) is 0 Å². The molecule has 1 aromatic carbocycles. The van der Waals surface area contributed by atoms with Gasteiger partial charge in [-0.3, -0.25) is 0 Å². The van der Waals surface area contributed by atoms with Gasteiger partial charge in [0, 0.05) is 5.92 Å². The van der Waals surface area contributed by atoms with Gasteiger partial charge in [0.25, 0.3) is 0 Å². The van der Waals surface area contributed by atoms with Crippen LogP contribution in [0.1, 0.15) is 12.0 Å². The maximum atomic E-state index is 10.4. The molecule has 1 nitrogen and oxygen atoms in total. The van der Waals surface area contributed by atoms with Crippen molar-refractivity contribution in [2.75, 3.05) is 0 Å². The van der Waals surface area contributed by atoms with Crippen molar-refractivity contribution in [3.8, 4) is 0 Å². The van der Waals surface area contributed by atoms with Gasteiger partial charge >= 0.3 is 0 Å². The summed E-state index contributed by atoms with van der Waals surface area (Å²) in [5.74, 6) is 0.982. The molecule has 0 heterocycles. The number of carbonyl (C=O) groups is 1. The number of hydrogen-bond donors (Lipinski definition) is 0. The van der Waals surface area contributed by atoms with Gasteiger partial charge in [-0.05, 0) is 24.3 Å². The molecule has 12 heavy (non-hydrogen) atoms. The van der Waals surface area contributed by atoms with Crippen molar-refractivity contribution in [2.45, 2.75) is 12.8 Å². The van der Waals surface area contributed by atoms with Gasteiger partial charge in [0.05, 0.1) is 0 Å². The zero-order valence-corrected chi connectivity index (χ0v) is 6.94. The number of aldehydes is 1. The minimum absolute atomic E-state index is 0.352. The van der Waals surface area contributed by atoms with E-state index < -0.39 is 0 Å². The first-order valence-corrected chi connectivity index (χ1v) is 4.39. The number of carbonyl (C=O) groups excluding carboxylic acids is 1. The SMILES string of the molecule is O=C[C@H]1C[C@H]1Cc1ccccc1. The third-order valence-electron chi connectivity index (χ3n) is 2.49. The summed E-state index contributed by atoms with van der Waals surface area (Å²) < 4.78 is 0. The second-order valence-corrected chi connectivity index (χ2v) is 3.49. The molecule has 62 valence electrons. The van der Waals surface area contributed by atoms with Crippen LogP contribution in [0.4, 0.5) is 0 Å². The Morgan fingerprint density at radius 2 is 2.08 bits per heavy atom. The normalized spacial score (nSPS) is 26.7. The third-order valence-corrected chi connectivity index (χ3v) is 2.49. The molecule has 0 N–H and O–H groups in total. The van der Waals surface area contributed by atoms with E-state index in [0.29, 0.717) is 11.8 Å². The summed E-state index contributed by atoms with van der Waals surface area (Å²) in [5.41, 5.74) is 1.35. The lowest BCUT2D eigenvalue weighted by Gasteiger charge is -1.96. The van der Waals surface area contributed by atoms with Crippen molar-refractivity contribution in [1.82, 2.24) is 0 Å². The standard InChI is InChI=1S/C11H12O/c12-8-11-7-10(11)6-9-4-2-1-3-5-9/h1-5,8,10-11H,6-7H2/t10-,11-/m1/s1. The van der Waals surface area contributed by atoms with Crippen LogP contribution in [0.2, 0.25) is 0 Å². The molecule has 0 saturated heterocycles. The molecule has 1 aliphatic carbocycles. The Hall–Kier alpha value is -1.11. The Morgan fingerprint density at radius 3 is 2.67 bits per heavy atom. The smallest absolute Gasteiger partial charge is 0.123 e. The van der Waals surface area contributed by atoms with Crippen LogP contribution in [-0.4, -0.2) is 6.29 Å². The quantitative estimate of drug-likeness (QED) is 0.618. The molecule has 0 spiro atoms. The van der Waals surface area contributed by atoms with Crippen LogP contribution in [0, 0.1) is 11.8 Å². The van der Waals surface area contributed by atoms with Gasteiger partial charge in [-0.1, -0.05) is 30.3 Å². The molecule has 0 amide bonds. The molecule has 2 atom stereocenters. The highest BCUT2D eigenvalue weighted by Gasteiger charge is 2.36. The minimum atomic E-state index is 0.352. The molecule has 1 aliphatic rings. The van der Waals surface area contributed by atoms with Crippen molar-refractivity contribution < 1.29 is 4.79 Å². The van der Waals surface area contributed by atoms with Crippen molar-refractivity contribution in [2.24, 2.45) is 11.8 Å². The van der Waals surface area contributed by atoms with Gasteiger partial charge in [-0.2, -0.15) is 0 Å². The lowest BCUT2D eigenvalue weighted by atomic mass is 10.1. The number of rotatable bonds is 3. The molecule has 0 radical (unpaired) electrons. The van der Waals surface area contributed by atoms with E-state index in [1.807, 2.05) is 18.2 Å². The van der Waals surface area contributed by atoms with Crippen LogP contribution in [0.5, 0.6) is 0 Å². The topological polar surface area (TPSA) is 17.1 Å². The molecule has 1 fully saturated rings. The van der Waals surface area contributed by atoms with Gasteiger partial charge in [0.1, 0.15) is 6.29 Å². The van der Waals surface area contributed by atoms with Crippen LogP contribution in [-0.2, 0) is 11.2 Å². The molecule has 0 unspecified atom stereocenters. The van der Waals surface area contributed by atoms with E-state index in [2.05, 4.69) is 12.1 Å². The highest BCUT2D eigenvalue weighted by molar-refractivity contribution is 5.58. The van der Waals surface area contributed by atoms with Crippen LogP contribution in [0.3, 0.4) is 0 Å². The highest BCUT2D eigenvalue weighted by Crippen LogP contribution is 2.39. The first-order valence-electron chi connectivity index (χ1n) is 4.39. The van der Waals surface area contributed by atoms with Crippen molar-refractivity contribution in [1.29, 1.82) is 0 Å². The van der Waals surface area contributed by atoms with E-state index in [9.17, 15) is 4.79 Å². The molecule has 2 rings (SSSR count). The fraction of sp³-hybridized carbons (Fsp3) is 0.364. The molecular formula is C11H12O. The largest absolute Gasteiger partial charge is 0.303 e. The first kappa shape index (κ1) is 7.53. The average molecular weight is 160 g/mol.